The van der Waals surface area contributed by atoms with Crippen molar-refractivity contribution in [1.29, 1.82) is 0 Å². The van der Waals surface area contributed by atoms with Crippen molar-refractivity contribution in [2.24, 2.45) is 0 Å². The first kappa shape index (κ1) is 33.0. The Bertz CT molecular complexity index is 529. The summed E-state index contributed by atoms with van der Waals surface area (Å²) in [6.07, 6.45) is 20.2. The molecule has 0 saturated carbocycles. The Morgan fingerprint density at radius 1 is 0.788 bits per heavy atom. The first-order chi connectivity index (χ1) is 15.8. The predicted molar refractivity (Wildman–Crippen MR) is 123 cm³/mol. The summed E-state index contributed by atoms with van der Waals surface area (Å²) in [5.41, 5.74) is 0. The van der Waals surface area contributed by atoms with Crippen molar-refractivity contribution in [3.05, 3.63) is 24.3 Å². The second-order valence-corrected chi connectivity index (χ2v) is 7.74. The lowest BCUT2D eigenvalue weighted by Crippen LogP contribution is -2.27. The minimum atomic E-state index is -1.37. The Morgan fingerprint density at radius 3 is 1.82 bits per heavy atom. The van der Waals surface area contributed by atoms with Crippen LogP contribution < -0.4 is 10.2 Å². The quantitative estimate of drug-likeness (QED) is 0.156. The Morgan fingerprint density at radius 2 is 1.30 bits per heavy atom. The number of hydrogen-bond donors (Lipinski definition) is 2. The molecule has 0 rings (SSSR count). The molecule has 0 aromatic heterocycles. The van der Waals surface area contributed by atoms with Crippen LogP contribution in [0.2, 0.25) is 0 Å². The highest BCUT2D eigenvalue weighted by atomic mass is 16.5. The van der Waals surface area contributed by atoms with Gasteiger partial charge in [0.2, 0.25) is 0 Å². The van der Waals surface area contributed by atoms with Crippen LogP contribution in [-0.2, 0) is 19.1 Å². The molecule has 8 nitrogen and oxygen atoms in total. The summed E-state index contributed by atoms with van der Waals surface area (Å²) in [7, 11) is 0. The summed E-state index contributed by atoms with van der Waals surface area (Å²) < 4.78 is 4.85. The molecular weight excluding hydrogens is 428 g/mol. The Labute approximate surface area is 198 Å². The van der Waals surface area contributed by atoms with Gasteiger partial charge in [-0.3, -0.25) is 4.79 Å². The van der Waals surface area contributed by atoms with Crippen molar-refractivity contribution >= 4 is 17.9 Å². The van der Waals surface area contributed by atoms with E-state index in [1.165, 1.54) is 38.5 Å². The molecule has 0 spiro atoms. The smallest absolute Gasteiger partial charge is 0.305 e. The van der Waals surface area contributed by atoms with Crippen LogP contribution >= 0.6 is 0 Å². The van der Waals surface area contributed by atoms with Crippen LogP contribution in [0.5, 0.6) is 0 Å². The third kappa shape index (κ3) is 32.1. The van der Waals surface area contributed by atoms with Crippen LogP contribution in [0, 0.1) is 0 Å². The van der Waals surface area contributed by atoms with Gasteiger partial charge in [-0.2, -0.15) is 0 Å². The number of esters is 1. The van der Waals surface area contributed by atoms with Crippen molar-refractivity contribution in [2.45, 2.75) is 103 Å². The number of carboxylic acids is 2. The normalized spacial score (nSPS) is 11.8. The van der Waals surface area contributed by atoms with E-state index in [0.29, 0.717) is 6.42 Å². The lowest BCUT2D eigenvalue weighted by Gasteiger charge is -2.08. The molecule has 1 unspecified atom stereocenters. The second kappa shape index (κ2) is 26.1. The fourth-order valence-electron chi connectivity index (χ4n) is 2.60. The molecule has 8 heteroatoms. The zero-order valence-electron chi connectivity index (χ0n) is 20.0. The van der Waals surface area contributed by atoms with E-state index < -0.39 is 30.9 Å². The highest BCUT2D eigenvalue weighted by Gasteiger charge is 2.07. The molecule has 0 fully saturated rings. The van der Waals surface area contributed by atoms with Crippen LogP contribution in [0.3, 0.4) is 0 Å². The van der Waals surface area contributed by atoms with Crippen molar-refractivity contribution in [3.63, 3.8) is 0 Å². The van der Waals surface area contributed by atoms with Gasteiger partial charge in [0, 0.05) is 18.4 Å². The number of unbranched alkanes of at least 4 members (excludes halogenated alkanes) is 8. The average molecular weight is 471 g/mol. The maximum atomic E-state index is 11.4. The molecule has 0 heterocycles. The van der Waals surface area contributed by atoms with Gasteiger partial charge in [-0.15, -0.1) is 0 Å². The largest absolute Gasteiger partial charge is 0.550 e. The molecule has 0 saturated heterocycles. The summed E-state index contributed by atoms with van der Waals surface area (Å²) in [4.78, 5) is 30.4. The highest BCUT2D eigenvalue weighted by molar-refractivity contribution is 5.72. The molecule has 0 amide bonds. The van der Waals surface area contributed by atoms with Crippen LogP contribution in [0.15, 0.2) is 24.3 Å². The Hall–Kier alpha value is -2.19. The fraction of sp³-hybridized carbons (Fsp3) is 0.720. The number of aliphatic hydroxyl groups excluding tert-OH is 2. The second-order valence-electron chi connectivity index (χ2n) is 7.74. The van der Waals surface area contributed by atoms with Gasteiger partial charge in [0.15, 0.2) is 0 Å². The molecule has 0 radical (unpaired) electrons. The lowest BCUT2D eigenvalue weighted by atomic mass is 10.1. The van der Waals surface area contributed by atoms with E-state index in [-0.39, 0.29) is 19.2 Å². The Balaban J connectivity index is 0. The minimum Gasteiger partial charge on any atom is -0.550 e. The number of aliphatic hydroxyl groups is 2. The third-order valence-corrected chi connectivity index (χ3v) is 4.51. The molecule has 0 aliphatic rings. The van der Waals surface area contributed by atoms with E-state index in [2.05, 4.69) is 31.2 Å². The SMILES string of the molecule is CCCCC/C=C\C/C=C\CCCCCCCC(=O)OCC(O)CO.O=C([O-])CCC(=O)[O-]. The fourth-order valence-corrected chi connectivity index (χ4v) is 2.60. The Kier molecular flexibility index (Phi) is 26.1. The van der Waals surface area contributed by atoms with E-state index in [1.807, 2.05) is 0 Å². The summed E-state index contributed by atoms with van der Waals surface area (Å²) in [5, 5.41) is 36.7. The maximum absolute atomic E-state index is 11.4. The van der Waals surface area contributed by atoms with Gasteiger partial charge >= 0.3 is 5.97 Å². The first-order valence-corrected chi connectivity index (χ1v) is 12.0. The van der Waals surface area contributed by atoms with Gasteiger partial charge in [-0.05, 0) is 51.4 Å². The van der Waals surface area contributed by atoms with Crippen molar-refractivity contribution in [2.75, 3.05) is 13.2 Å². The van der Waals surface area contributed by atoms with E-state index in [1.54, 1.807) is 0 Å². The summed E-state index contributed by atoms with van der Waals surface area (Å²) in [6.45, 7) is 1.74. The summed E-state index contributed by atoms with van der Waals surface area (Å²) in [6, 6.07) is 0. The monoisotopic (exact) mass is 470 g/mol. The van der Waals surface area contributed by atoms with Gasteiger partial charge in [0.25, 0.3) is 0 Å². The molecule has 0 aromatic carbocycles. The molecular formula is C25H42O8-2. The highest BCUT2D eigenvalue weighted by Crippen LogP contribution is 2.08. The molecule has 0 bridgehead atoms. The zero-order valence-corrected chi connectivity index (χ0v) is 20.0. The topological polar surface area (TPSA) is 147 Å². The van der Waals surface area contributed by atoms with E-state index in [0.717, 1.165) is 32.1 Å². The predicted octanol–water partition coefficient (Wildman–Crippen LogP) is 1.96. The molecule has 0 aromatic rings. The standard InChI is InChI=1S/C21H38O4.C4H6O4/c1-2-3-4-5-6-7-8-9-10-11-12-13-14-15-16-17-21(24)25-19-20(23)18-22;5-3(6)1-2-4(7)8/h6-7,9-10,20,22-23H,2-5,8,11-19H2,1H3;1-2H2,(H,5,6)(H,7,8)/p-2/b7-6-,10-9-;. The molecule has 0 aliphatic carbocycles. The van der Waals surface area contributed by atoms with Crippen LogP contribution in [0.1, 0.15) is 96.8 Å². The van der Waals surface area contributed by atoms with Gasteiger partial charge in [0.05, 0.1) is 6.61 Å². The number of carboxylic acid groups (broad SMARTS) is 2. The summed E-state index contributed by atoms with van der Waals surface area (Å²) >= 11 is 0. The van der Waals surface area contributed by atoms with Crippen molar-refractivity contribution in [3.8, 4) is 0 Å². The number of rotatable bonds is 20. The molecule has 33 heavy (non-hydrogen) atoms. The van der Waals surface area contributed by atoms with E-state index in [9.17, 15) is 24.6 Å². The number of aliphatic carboxylic acids is 2. The molecule has 1 atom stereocenters. The first-order valence-electron chi connectivity index (χ1n) is 12.0. The average Bonchev–Trinajstić information content (AvgIpc) is 2.79. The van der Waals surface area contributed by atoms with E-state index >= 15 is 0 Å². The number of hydrogen-bond acceptors (Lipinski definition) is 8. The van der Waals surface area contributed by atoms with Crippen LogP contribution in [0.4, 0.5) is 0 Å². The molecule has 192 valence electrons. The number of carbonyl (C=O) groups is 3. The van der Waals surface area contributed by atoms with Gasteiger partial charge < -0.3 is 34.8 Å². The maximum Gasteiger partial charge on any atom is 0.305 e. The lowest BCUT2D eigenvalue weighted by molar-refractivity contribution is -0.315. The number of ether oxygens (including phenoxy) is 1. The molecule has 2 N–H and O–H groups in total. The number of carbonyl (C=O) groups excluding carboxylic acids is 3. The number of allylic oxidation sites excluding steroid dienone is 4. The van der Waals surface area contributed by atoms with Gasteiger partial charge in [-0.1, -0.05) is 63.3 Å². The van der Waals surface area contributed by atoms with Gasteiger partial charge in [0.1, 0.15) is 12.7 Å². The molecule has 0 aliphatic heterocycles. The van der Waals surface area contributed by atoms with Crippen LogP contribution in [-0.4, -0.2) is 47.4 Å². The van der Waals surface area contributed by atoms with Crippen molar-refractivity contribution in [1.82, 2.24) is 0 Å². The van der Waals surface area contributed by atoms with E-state index in [4.69, 9.17) is 14.9 Å². The van der Waals surface area contributed by atoms with Crippen LogP contribution in [0.25, 0.3) is 0 Å². The zero-order chi connectivity index (χ0) is 25.2. The third-order valence-electron chi connectivity index (χ3n) is 4.51. The van der Waals surface area contributed by atoms with Crippen molar-refractivity contribution < 1.29 is 39.5 Å². The van der Waals surface area contributed by atoms with Gasteiger partial charge in [-0.25, -0.2) is 0 Å². The summed E-state index contributed by atoms with van der Waals surface area (Å²) in [5.74, 6) is -3.03. The minimum absolute atomic E-state index is 0.115.